The van der Waals surface area contributed by atoms with Gasteiger partial charge in [-0.05, 0) is 12.8 Å². The summed E-state index contributed by atoms with van der Waals surface area (Å²) in [7, 11) is 0. The van der Waals surface area contributed by atoms with E-state index >= 15 is 0 Å². The minimum absolute atomic E-state index is 0.0955. The van der Waals surface area contributed by atoms with Gasteiger partial charge in [-0.25, -0.2) is 4.98 Å². The molecule has 1 aromatic rings. The van der Waals surface area contributed by atoms with E-state index in [1.165, 1.54) is 0 Å². The third kappa shape index (κ3) is 1.67. The van der Waals surface area contributed by atoms with Gasteiger partial charge in [-0.3, -0.25) is 0 Å². The number of hydrogen-bond donors (Lipinski definition) is 1. The minimum Gasteiger partial charge on any atom is -0.379 e. The van der Waals surface area contributed by atoms with E-state index in [0.717, 1.165) is 31.7 Å². The summed E-state index contributed by atoms with van der Waals surface area (Å²) in [6, 6.07) is 0.531. The maximum Gasteiger partial charge on any atom is 0.0952 e. The summed E-state index contributed by atoms with van der Waals surface area (Å²) in [6.07, 6.45) is 5.75. The van der Waals surface area contributed by atoms with Crippen molar-refractivity contribution in [3.05, 3.63) is 18.2 Å². The van der Waals surface area contributed by atoms with Gasteiger partial charge in [0.25, 0.3) is 0 Å². The molecule has 1 unspecified atom stereocenters. The normalized spacial score (nSPS) is 24.0. The number of rotatable bonds is 3. The molecule has 78 valence electrons. The smallest absolute Gasteiger partial charge is 0.0952 e. The molecule has 14 heavy (non-hydrogen) atoms. The Balaban J connectivity index is 2.19. The van der Waals surface area contributed by atoms with Crippen molar-refractivity contribution in [3.8, 4) is 0 Å². The Bertz CT molecular complexity index is 291. The molecular weight excluding hydrogens is 178 g/mol. The first-order valence-electron chi connectivity index (χ1n) is 5.18. The van der Waals surface area contributed by atoms with E-state index in [1.54, 1.807) is 0 Å². The molecule has 0 amide bonds. The van der Waals surface area contributed by atoms with Crippen LogP contribution in [-0.4, -0.2) is 22.8 Å². The third-order valence-corrected chi connectivity index (χ3v) is 2.81. The highest BCUT2D eigenvalue weighted by molar-refractivity contribution is 5.06. The first-order valence-corrected chi connectivity index (χ1v) is 5.18. The summed E-state index contributed by atoms with van der Waals surface area (Å²) in [5.74, 6) is 0. The lowest BCUT2D eigenvalue weighted by Crippen LogP contribution is -2.18. The lowest BCUT2D eigenvalue weighted by atomic mass is 10.1. The Morgan fingerprint density at radius 3 is 3.29 bits per heavy atom. The Kier molecular flexibility index (Phi) is 2.84. The molecule has 1 saturated heterocycles. The van der Waals surface area contributed by atoms with Gasteiger partial charge < -0.3 is 15.0 Å². The number of nitrogens with zero attached hydrogens (tertiary/aromatic N) is 2. The molecule has 2 heterocycles. The molecule has 2 rings (SSSR count). The van der Waals surface area contributed by atoms with Crippen LogP contribution in [-0.2, 0) is 4.74 Å². The number of ether oxygens (including phenoxy) is 1. The van der Waals surface area contributed by atoms with Gasteiger partial charge in [0.1, 0.15) is 0 Å². The molecule has 0 radical (unpaired) electrons. The molecule has 1 aliphatic rings. The van der Waals surface area contributed by atoms with Crippen LogP contribution in [0.2, 0.25) is 0 Å². The quantitative estimate of drug-likeness (QED) is 0.789. The standard InChI is InChI=1S/C10H17N3O/c1-2-9(11)10-5-12-7-13(10)8-3-4-14-6-8/h5,7-9H,2-4,6,11H2,1H3/t8?,9-/m1/s1. The monoisotopic (exact) mass is 195 g/mol. The van der Waals surface area contributed by atoms with Crippen molar-refractivity contribution in [2.24, 2.45) is 5.73 Å². The highest BCUT2D eigenvalue weighted by Gasteiger charge is 2.21. The van der Waals surface area contributed by atoms with Crippen LogP contribution in [0.5, 0.6) is 0 Å². The van der Waals surface area contributed by atoms with E-state index in [2.05, 4.69) is 16.5 Å². The number of imidazole rings is 1. The fourth-order valence-corrected chi connectivity index (χ4v) is 1.86. The molecular formula is C10H17N3O. The van der Waals surface area contributed by atoms with Gasteiger partial charge in [0.2, 0.25) is 0 Å². The minimum atomic E-state index is 0.0955. The van der Waals surface area contributed by atoms with Crippen molar-refractivity contribution in [1.29, 1.82) is 0 Å². The molecule has 1 aliphatic heterocycles. The molecule has 0 spiro atoms. The van der Waals surface area contributed by atoms with Crippen LogP contribution in [0.15, 0.2) is 12.5 Å². The van der Waals surface area contributed by atoms with Crippen LogP contribution in [0.25, 0.3) is 0 Å². The van der Waals surface area contributed by atoms with Crippen LogP contribution in [0.1, 0.15) is 37.5 Å². The summed E-state index contributed by atoms with van der Waals surface area (Å²) in [6.45, 7) is 3.73. The predicted molar refractivity (Wildman–Crippen MR) is 53.9 cm³/mol. The average molecular weight is 195 g/mol. The summed E-state index contributed by atoms with van der Waals surface area (Å²) < 4.78 is 7.53. The van der Waals surface area contributed by atoms with Crippen molar-refractivity contribution >= 4 is 0 Å². The maximum absolute atomic E-state index is 6.01. The predicted octanol–water partition coefficient (Wildman–Crippen LogP) is 1.25. The van der Waals surface area contributed by atoms with Crippen LogP contribution >= 0.6 is 0 Å². The van der Waals surface area contributed by atoms with Gasteiger partial charge in [0.15, 0.2) is 0 Å². The van der Waals surface area contributed by atoms with Crippen molar-refractivity contribution in [2.75, 3.05) is 13.2 Å². The van der Waals surface area contributed by atoms with Gasteiger partial charge in [-0.2, -0.15) is 0 Å². The van der Waals surface area contributed by atoms with Gasteiger partial charge in [-0.15, -0.1) is 0 Å². The van der Waals surface area contributed by atoms with Crippen LogP contribution < -0.4 is 5.73 Å². The molecule has 4 heteroatoms. The van der Waals surface area contributed by atoms with Crippen molar-refractivity contribution < 1.29 is 4.74 Å². The van der Waals surface area contributed by atoms with E-state index in [1.807, 2.05) is 12.5 Å². The van der Waals surface area contributed by atoms with Gasteiger partial charge in [0.05, 0.1) is 24.7 Å². The van der Waals surface area contributed by atoms with E-state index in [9.17, 15) is 0 Å². The molecule has 1 fully saturated rings. The van der Waals surface area contributed by atoms with Crippen molar-refractivity contribution in [3.63, 3.8) is 0 Å². The van der Waals surface area contributed by atoms with Crippen molar-refractivity contribution in [1.82, 2.24) is 9.55 Å². The second-order valence-electron chi connectivity index (χ2n) is 3.76. The molecule has 0 bridgehead atoms. The fourth-order valence-electron chi connectivity index (χ4n) is 1.86. The average Bonchev–Trinajstić information content (AvgIpc) is 2.85. The van der Waals surface area contributed by atoms with Crippen LogP contribution in [0.4, 0.5) is 0 Å². The van der Waals surface area contributed by atoms with Crippen LogP contribution in [0, 0.1) is 0 Å². The highest BCUT2D eigenvalue weighted by Crippen LogP contribution is 2.23. The summed E-state index contributed by atoms with van der Waals surface area (Å²) >= 11 is 0. The second-order valence-corrected chi connectivity index (χ2v) is 3.76. The Morgan fingerprint density at radius 1 is 1.79 bits per heavy atom. The summed E-state index contributed by atoms with van der Waals surface area (Å²) in [4.78, 5) is 4.16. The van der Waals surface area contributed by atoms with Gasteiger partial charge >= 0.3 is 0 Å². The molecule has 1 aromatic heterocycles. The van der Waals surface area contributed by atoms with E-state index < -0.39 is 0 Å². The Morgan fingerprint density at radius 2 is 2.64 bits per heavy atom. The van der Waals surface area contributed by atoms with Crippen LogP contribution in [0.3, 0.4) is 0 Å². The fraction of sp³-hybridized carbons (Fsp3) is 0.700. The molecule has 2 atom stereocenters. The molecule has 0 aromatic carbocycles. The zero-order valence-corrected chi connectivity index (χ0v) is 8.52. The zero-order chi connectivity index (χ0) is 9.97. The number of nitrogens with two attached hydrogens (primary N) is 1. The maximum atomic E-state index is 6.01. The first-order chi connectivity index (χ1) is 6.83. The molecule has 4 nitrogen and oxygen atoms in total. The topological polar surface area (TPSA) is 53.1 Å². The molecule has 0 aliphatic carbocycles. The molecule has 2 N–H and O–H groups in total. The van der Waals surface area contributed by atoms with E-state index in [0.29, 0.717) is 6.04 Å². The lowest BCUT2D eigenvalue weighted by molar-refractivity contribution is 0.186. The van der Waals surface area contributed by atoms with Gasteiger partial charge in [-0.1, -0.05) is 6.92 Å². The SMILES string of the molecule is CC[C@@H](N)c1cncn1C1CCOC1. The Labute approximate surface area is 84.1 Å². The van der Waals surface area contributed by atoms with Crippen molar-refractivity contribution in [2.45, 2.75) is 31.8 Å². The second kappa shape index (κ2) is 4.11. The largest absolute Gasteiger partial charge is 0.379 e. The zero-order valence-electron chi connectivity index (χ0n) is 8.52. The molecule has 0 saturated carbocycles. The number of aromatic nitrogens is 2. The number of hydrogen-bond acceptors (Lipinski definition) is 3. The van der Waals surface area contributed by atoms with Gasteiger partial charge in [0, 0.05) is 18.8 Å². The Hall–Kier alpha value is -0.870. The van der Waals surface area contributed by atoms with E-state index in [-0.39, 0.29) is 6.04 Å². The summed E-state index contributed by atoms with van der Waals surface area (Å²) in [5.41, 5.74) is 7.13. The first kappa shape index (κ1) is 9.68. The van der Waals surface area contributed by atoms with E-state index in [4.69, 9.17) is 10.5 Å². The highest BCUT2D eigenvalue weighted by atomic mass is 16.5. The lowest BCUT2D eigenvalue weighted by Gasteiger charge is -2.17. The third-order valence-electron chi connectivity index (χ3n) is 2.81. The summed E-state index contributed by atoms with van der Waals surface area (Å²) in [5, 5.41) is 0.